The second kappa shape index (κ2) is 7.21. The van der Waals surface area contributed by atoms with E-state index in [1.165, 1.54) is 11.3 Å². The van der Waals surface area contributed by atoms with Gasteiger partial charge in [-0.1, -0.05) is 29.5 Å². The van der Waals surface area contributed by atoms with Gasteiger partial charge in [0.2, 0.25) is 11.0 Å². The molecule has 1 aromatic rings. The minimum Gasteiger partial charge on any atom is -0.396 e. The molecule has 0 aliphatic heterocycles. The number of aliphatic hydroxyl groups excluding tert-OH is 1. The molecule has 1 aliphatic rings. The monoisotopic (exact) mass is 301 g/mol. The van der Waals surface area contributed by atoms with Gasteiger partial charge >= 0.3 is 0 Å². The number of hydrogen-bond donors (Lipinski definition) is 1. The number of unbranched alkanes of at least 4 members (excludes halogenated alkanes) is 2. The van der Waals surface area contributed by atoms with Crippen molar-refractivity contribution in [2.45, 2.75) is 49.4 Å². The quantitative estimate of drug-likeness (QED) is 0.453. The van der Waals surface area contributed by atoms with E-state index in [0.717, 1.165) is 47.3 Å². The number of amides is 1. The van der Waals surface area contributed by atoms with Gasteiger partial charge in [-0.05, 0) is 25.7 Å². The average Bonchev–Trinajstić information content (AvgIpc) is 3.08. The maximum atomic E-state index is 11.6. The molecule has 7 heteroatoms. The van der Waals surface area contributed by atoms with Crippen molar-refractivity contribution in [2.75, 3.05) is 17.3 Å². The molecule has 1 heterocycles. The maximum Gasteiger partial charge on any atom is 0.225 e. The first kappa shape index (κ1) is 14.7. The average molecular weight is 301 g/mol. The molecule has 19 heavy (non-hydrogen) atoms. The highest BCUT2D eigenvalue weighted by Gasteiger charge is 2.34. The van der Waals surface area contributed by atoms with E-state index in [1.807, 2.05) is 0 Å². The van der Waals surface area contributed by atoms with Crippen molar-refractivity contribution >= 4 is 34.1 Å². The predicted octanol–water partition coefficient (Wildman–Crippen LogP) is 2.31. The third-order valence-electron chi connectivity index (χ3n) is 2.88. The van der Waals surface area contributed by atoms with E-state index in [0.29, 0.717) is 6.04 Å². The molecule has 2 rings (SSSR count). The van der Waals surface area contributed by atoms with Crippen LogP contribution in [0.2, 0.25) is 0 Å². The fourth-order valence-electron chi connectivity index (χ4n) is 1.79. The van der Waals surface area contributed by atoms with Gasteiger partial charge in [0.15, 0.2) is 4.34 Å². The van der Waals surface area contributed by atoms with Crippen LogP contribution in [0, 0.1) is 0 Å². The Labute approximate surface area is 121 Å². The number of hydrogen-bond acceptors (Lipinski definition) is 6. The zero-order valence-electron chi connectivity index (χ0n) is 11.0. The van der Waals surface area contributed by atoms with Crippen LogP contribution in [-0.4, -0.2) is 39.6 Å². The summed E-state index contributed by atoms with van der Waals surface area (Å²) in [4.78, 5) is 13.4. The lowest BCUT2D eigenvalue weighted by Gasteiger charge is -2.15. The molecule has 0 aromatic carbocycles. The van der Waals surface area contributed by atoms with Gasteiger partial charge in [0, 0.05) is 25.3 Å². The van der Waals surface area contributed by atoms with E-state index < -0.39 is 0 Å². The van der Waals surface area contributed by atoms with Gasteiger partial charge in [0.1, 0.15) is 0 Å². The molecular formula is C12H19N3O2S2. The summed E-state index contributed by atoms with van der Waals surface area (Å²) in [5.74, 6) is 1.04. The summed E-state index contributed by atoms with van der Waals surface area (Å²) in [5.41, 5.74) is 0. The molecule has 0 atom stereocenters. The van der Waals surface area contributed by atoms with Crippen molar-refractivity contribution in [3.8, 4) is 0 Å². The Hall–Kier alpha value is -0.660. The third kappa shape index (κ3) is 4.43. The predicted molar refractivity (Wildman–Crippen MR) is 77.8 cm³/mol. The van der Waals surface area contributed by atoms with Crippen LogP contribution in [0.15, 0.2) is 4.34 Å². The number of carbonyl (C=O) groups is 1. The molecule has 1 saturated carbocycles. The smallest absolute Gasteiger partial charge is 0.225 e. The minimum absolute atomic E-state index is 0.0538. The summed E-state index contributed by atoms with van der Waals surface area (Å²) in [6, 6.07) is 0.341. The summed E-state index contributed by atoms with van der Waals surface area (Å²) >= 11 is 3.18. The SMILES string of the molecule is CC(=O)N(c1nnc(SCCCCCO)s1)C1CC1. The van der Waals surface area contributed by atoms with Crippen LogP contribution in [0.3, 0.4) is 0 Å². The molecule has 1 fully saturated rings. The topological polar surface area (TPSA) is 66.3 Å². The molecule has 0 radical (unpaired) electrons. The fourth-order valence-corrected chi connectivity index (χ4v) is 3.82. The van der Waals surface area contributed by atoms with Crippen molar-refractivity contribution in [2.24, 2.45) is 0 Å². The highest BCUT2D eigenvalue weighted by molar-refractivity contribution is 8.01. The Bertz CT molecular complexity index is 421. The lowest BCUT2D eigenvalue weighted by atomic mass is 10.3. The van der Waals surface area contributed by atoms with E-state index in [2.05, 4.69) is 10.2 Å². The van der Waals surface area contributed by atoms with Gasteiger partial charge in [-0.3, -0.25) is 9.69 Å². The summed E-state index contributed by atoms with van der Waals surface area (Å²) in [7, 11) is 0. The summed E-state index contributed by atoms with van der Waals surface area (Å²) < 4.78 is 0.922. The first-order valence-electron chi connectivity index (χ1n) is 6.59. The zero-order chi connectivity index (χ0) is 13.7. The van der Waals surface area contributed by atoms with Crippen LogP contribution in [0.1, 0.15) is 39.0 Å². The number of rotatable bonds is 8. The summed E-state index contributed by atoms with van der Waals surface area (Å²) in [6.45, 7) is 1.85. The van der Waals surface area contributed by atoms with E-state index >= 15 is 0 Å². The second-order valence-corrected chi connectivity index (χ2v) is 6.90. The van der Waals surface area contributed by atoms with Crippen LogP contribution in [-0.2, 0) is 4.79 Å². The molecule has 1 amide bonds. The van der Waals surface area contributed by atoms with Gasteiger partial charge in [0.05, 0.1) is 0 Å². The molecule has 106 valence electrons. The van der Waals surface area contributed by atoms with Crippen molar-refractivity contribution in [3.63, 3.8) is 0 Å². The second-order valence-electron chi connectivity index (χ2n) is 4.60. The number of nitrogens with zero attached hydrogens (tertiary/aromatic N) is 3. The van der Waals surface area contributed by atoms with Gasteiger partial charge in [-0.2, -0.15) is 0 Å². The molecule has 1 aromatic heterocycles. The lowest BCUT2D eigenvalue weighted by Crippen LogP contribution is -2.30. The Morgan fingerprint density at radius 3 is 2.84 bits per heavy atom. The number of carbonyl (C=O) groups excluding carboxylic acids is 1. The normalized spacial score (nSPS) is 14.6. The molecule has 1 N–H and O–H groups in total. The van der Waals surface area contributed by atoms with Crippen molar-refractivity contribution < 1.29 is 9.90 Å². The highest BCUT2D eigenvalue weighted by atomic mass is 32.2. The maximum absolute atomic E-state index is 11.6. The Balaban J connectivity index is 1.82. The molecular weight excluding hydrogens is 282 g/mol. The minimum atomic E-state index is 0.0538. The van der Waals surface area contributed by atoms with Crippen molar-refractivity contribution in [3.05, 3.63) is 0 Å². The van der Waals surface area contributed by atoms with Gasteiger partial charge in [0.25, 0.3) is 0 Å². The molecule has 0 spiro atoms. The fraction of sp³-hybridized carbons (Fsp3) is 0.750. The molecule has 1 aliphatic carbocycles. The van der Waals surface area contributed by atoms with E-state index in [-0.39, 0.29) is 12.5 Å². The van der Waals surface area contributed by atoms with E-state index in [4.69, 9.17) is 5.11 Å². The highest BCUT2D eigenvalue weighted by Crippen LogP contribution is 2.35. The lowest BCUT2D eigenvalue weighted by molar-refractivity contribution is -0.116. The van der Waals surface area contributed by atoms with Crippen molar-refractivity contribution in [1.82, 2.24) is 10.2 Å². The number of aromatic nitrogens is 2. The third-order valence-corrected chi connectivity index (χ3v) is 5.02. The number of anilines is 1. The zero-order valence-corrected chi connectivity index (χ0v) is 12.7. The van der Waals surface area contributed by atoms with Crippen LogP contribution >= 0.6 is 23.1 Å². The molecule has 0 unspecified atom stereocenters. The van der Waals surface area contributed by atoms with Crippen molar-refractivity contribution in [1.29, 1.82) is 0 Å². The molecule has 5 nitrogen and oxygen atoms in total. The summed E-state index contributed by atoms with van der Waals surface area (Å²) in [5, 5.41) is 17.7. The first-order valence-corrected chi connectivity index (χ1v) is 8.39. The standard InChI is InChI=1S/C12H19N3O2S2/c1-9(17)15(10-5-6-10)11-13-14-12(19-11)18-8-4-2-3-7-16/h10,16H,2-8H2,1H3. The van der Waals surface area contributed by atoms with Crippen LogP contribution in [0.4, 0.5) is 5.13 Å². The van der Waals surface area contributed by atoms with Crippen LogP contribution in [0.5, 0.6) is 0 Å². The van der Waals surface area contributed by atoms with Gasteiger partial charge in [-0.25, -0.2) is 0 Å². The molecule has 0 bridgehead atoms. The number of aliphatic hydroxyl groups is 1. The van der Waals surface area contributed by atoms with E-state index in [9.17, 15) is 4.79 Å². The molecule has 0 saturated heterocycles. The first-order chi connectivity index (χ1) is 9.22. The summed E-state index contributed by atoms with van der Waals surface area (Å²) in [6.07, 6.45) is 5.11. The Kier molecular flexibility index (Phi) is 5.59. The Morgan fingerprint density at radius 2 is 2.21 bits per heavy atom. The largest absolute Gasteiger partial charge is 0.396 e. The van der Waals surface area contributed by atoms with Gasteiger partial charge in [-0.15, -0.1) is 10.2 Å². The van der Waals surface area contributed by atoms with Crippen LogP contribution in [0.25, 0.3) is 0 Å². The Morgan fingerprint density at radius 1 is 1.42 bits per heavy atom. The number of thioether (sulfide) groups is 1. The van der Waals surface area contributed by atoms with Crippen LogP contribution < -0.4 is 4.90 Å². The van der Waals surface area contributed by atoms with Gasteiger partial charge < -0.3 is 5.11 Å². The van der Waals surface area contributed by atoms with E-state index in [1.54, 1.807) is 23.6 Å².